The van der Waals surface area contributed by atoms with Crippen LogP contribution in [0.5, 0.6) is 0 Å². The topological polar surface area (TPSA) is 88.3 Å². The van der Waals surface area contributed by atoms with Gasteiger partial charge in [-0.2, -0.15) is 4.98 Å². The Kier molecular flexibility index (Phi) is 6.43. The molecule has 0 unspecified atom stereocenters. The molecule has 8 nitrogen and oxygen atoms in total. The maximum Gasteiger partial charge on any atom is 0.227 e. The molecule has 1 fully saturated rings. The molecule has 0 saturated carbocycles. The Balaban J connectivity index is 1.55. The summed E-state index contributed by atoms with van der Waals surface area (Å²) in [6.07, 6.45) is 4.36. The summed E-state index contributed by atoms with van der Waals surface area (Å²) in [4.78, 5) is 30.1. The van der Waals surface area contributed by atoms with Gasteiger partial charge in [0.25, 0.3) is 0 Å². The van der Waals surface area contributed by atoms with Crippen LogP contribution in [0.25, 0.3) is 11.1 Å². The third kappa shape index (κ3) is 4.92. The molecule has 0 bridgehead atoms. The maximum atomic E-state index is 13.5. The summed E-state index contributed by atoms with van der Waals surface area (Å²) in [6.45, 7) is 3.06. The lowest BCUT2D eigenvalue weighted by Gasteiger charge is -2.33. The van der Waals surface area contributed by atoms with Gasteiger partial charge >= 0.3 is 0 Å². The Labute approximate surface area is 186 Å². The van der Waals surface area contributed by atoms with Crippen LogP contribution in [0.4, 0.5) is 10.3 Å². The van der Waals surface area contributed by atoms with E-state index in [4.69, 9.17) is 9.51 Å². The highest BCUT2D eigenvalue weighted by molar-refractivity contribution is 5.76. The van der Waals surface area contributed by atoms with E-state index in [0.29, 0.717) is 37.0 Å². The Morgan fingerprint density at radius 2 is 2.03 bits per heavy atom. The number of hydrogen-bond acceptors (Lipinski definition) is 7. The minimum absolute atomic E-state index is 0.0655. The quantitative estimate of drug-likeness (QED) is 0.583. The number of anilines is 1. The second-order valence-corrected chi connectivity index (χ2v) is 8.28. The number of aromatic nitrogens is 4. The molecular weight excluding hydrogens is 411 g/mol. The molecule has 1 aliphatic heterocycles. The van der Waals surface area contributed by atoms with Crippen LogP contribution in [0.1, 0.15) is 42.6 Å². The van der Waals surface area contributed by atoms with Crippen molar-refractivity contribution in [1.29, 1.82) is 0 Å². The maximum absolute atomic E-state index is 13.5. The van der Waals surface area contributed by atoms with E-state index < -0.39 is 0 Å². The Morgan fingerprint density at radius 1 is 1.25 bits per heavy atom. The summed E-state index contributed by atoms with van der Waals surface area (Å²) in [5.41, 5.74) is 2.62. The molecular formula is C23H27FN6O2. The van der Waals surface area contributed by atoms with Crippen LogP contribution in [0, 0.1) is 12.7 Å². The van der Waals surface area contributed by atoms with Gasteiger partial charge in [0.15, 0.2) is 5.82 Å². The van der Waals surface area contributed by atoms with E-state index >= 15 is 0 Å². The van der Waals surface area contributed by atoms with Gasteiger partial charge in [-0.25, -0.2) is 14.4 Å². The number of carbonyl (C=O) groups excluding carboxylic acids is 1. The predicted octanol–water partition coefficient (Wildman–Crippen LogP) is 3.38. The summed E-state index contributed by atoms with van der Waals surface area (Å²) < 4.78 is 18.6. The number of amides is 1. The second kappa shape index (κ2) is 9.42. The number of likely N-dealkylation sites (tertiary alicyclic amines) is 1. The zero-order valence-corrected chi connectivity index (χ0v) is 18.6. The van der Waals surface area contributed by atoms with Gasteiger partial charge in [0.2, 0.25) is 17.7 Å². The molecule has 32 heavy (non-hydrogen) atoms. The summed E-state index contributed by atoms with van der Waals surface area (Å²) >= 11 is 0. The first-order valence-electron chi connectivity index (χ1n) is 10.8. The Hall–Kier alpha value is -3.36. The van der Waals surface area contributed by atoms with Crippen molar-refractivity contribution in [2.45, 2.75) is 38.5 Å². The molecule has 3 aromatic rings. The molecule has 1 atom stereocenters. The number of piperidine rings is 1. The number of hydrogen-bond donors (Lipinski definition) is 0. The second-order valence-electron chi connectivity index (χ2n) is 8.28. The minimum Gasteiger partial charge on any atom is -0.347 e. The van der Waals surface area contributed by atoms with Crippen LogP contribution in [0.3, 0.4) is 0 Å². The number of rotatable bonds is 6. The van der Waals surface area contributed by atoms with Gasteiger partial charge in [0, 0.05) is 57.7 Å². The van der Waals surface area contributed by atoms with Gasteiger partial charge in [-0.05, 0) is 37.5 Å². The molecule has 9 heteroatoms. The van der Waals surface area contributed by atoms with Crippen LogP contribution in [0.2, 0.25) is 0 Å². The molecule has 168 valence electrons. The molecule has 0 aliphatic carbocycles. The van der Waals surface area contributed by atoms with Crippen molar-refractivity contribution >= 4 is 11.9 Å². The number of halogens is 1. The summed E-state index contributed by atoms with van der Waals surface area (Å²) in [5.74, 6) is 1.51. The lowest BCUT2D eigenvalue weighted by molar-refractivity contribution is -0.132. The van der Waals surface area contributed by atoms with Gasteiger partial charge in [0.05, 0.1) is 5.69 Å². The molecule has 1 aromatic carbocycles. The highest BCUT2D eigenvalue weighted by Gasteiger charge is 2.28. The highest BCUT2D eigenvalue weighted by atomic mass is 19.1. The van der Waals surface area contributed by atoms with E-state index in [1.807, 2.05) is 23.9 Å². The number of benzene rings is 1. The molecule has 0 spiro atoms. The van der Waals surface area contributed by atoms with Crippen LogP contribution in [0.15, 0.2) is 35.0 Å². The highest BCUT2D eigenvalue weighted by Crippen LogP contribution is 2.34. The fraction of sp³-hybridized carbons (Fsp3) is 0.435. The van der Waals surface area contributed by atoms with E-state index in [9.17, 15) is 9.18 Å². The lowest BCUT2D eigenvalue weighted by Crippen LogP contribution is -2.39. The fourth-order valence-corrected chi connectivity index (χ4v) is 4.00. The van der Waals surface area contributed by atoms with Gasteiger partial charge in [-0.15, -0.1) is 0 Å². The Bertz CT molecular complexity index is 1080. The van der Waals surface area contributed by atoms with E-state index in [1.54, 1.807) is 25.3 Å². The first kappa shape index (κ1) is 21.9. The van der Waals surface area contributed by atoms with Crippen molar-refractivity contribution in [3.8, 4) is 11.1 Å². The lowest BCUT2D eigenvalue weighted by atomic mass is 9.89. The average molecular weight is 439 g/mol. The zero-order valence-electron chi connectivity index (χ0n) is 18.6. The third-order valence-electron chi connectivity index (χ3n) is 5.64. The van der Waals surface area contributed by atoms with Crippen molar-refractivity contribution in [1.82, 2.24) is 25.0 Å². The van der Waals surface area contributed by atoms with E-state index in [0.717, 1.165) is 36.2 Å². The molecule has 2 aromatic heterocycles. The largest absolute Gasteiger partial charge is 0.347 e. The standard InChI is InChI=1S/C23H27FN6O2/c1-15-26-20(32-28-15)10-11-21(31)30-12-4-5-17(14-30)22-19(13-25-23(27-22)29(2)3)16-6-8-18(24)9-7-16/h6-9,13,17H,4-5,10-12,14H2,1-3H3/t17-/m1/s1. The molecule has 0 radical (unpaired) electrons. The van der Waals surface area contributed by atoms with Crippen molar-refractivity contribution in [3.05, 3.63) is 53.7 Å². The van der Waals surface area contributed by atoms with Crippen molar-refractivity contribution in [2.75, 3.05) is 32.1 Å². The summed E-state index contributed by atoms with van der Waals surface area (Å²) in [5, 5.41) is 3.77. The first-order valence-corrected chi connectivity index (χ1v) is 10.8. The van der Waals surface area contributed by atoms with Crippen molar-refractivity contribution < 1.29 is 13.7 Å². The van der Waals surface area contributed by atoms with Gasteiger partial charge in [-0.1, -0.05) is 17.3 Å². The van der Waals surface area contributed by atoms with Crippen molar-refractivity contribution in [2.24, 2.45) is 0 Å². The van der Waals surface area contributed by atoms with Crippen LogP contribution >= 0.6 is 0 Å². The molecule has 4 rings (SSSR count). The number of carbonyl (C=O) groups is 1. The molecule has 0 N–H and O–H groups in total. The van der Waals surface area contributed by atoms with Crippen LogP contribution < -0.4 is 4.90 Å². The minimum atomic E-state index is -0.285. The Morgan fingerprint density at radius 3 is 2.72 bits per heavy atom. The smallest absolute Gasteiger partial charge is 0.227 e. The predicted molar refractivity (Wildman–Crippen MR) is 118 cm³/mol. The number of aryl methyl sites for hydroxylation is 2. The average Bonchev–Trinajstić information content (AvgIpc) is 3.22. The summed E-state index contributed by atoms with van der Waals surface area (Å²) in [7, 11) is 3.79. The zero-order chi connectivity index (χ0) is 22.7. The van der Waals surface area contributed by atoms with E-state index in [2.05, 4.69) is 15.1 Å². The van der Waals surface area contributed by atoms with Gasteiger partial charge in [-0.3, -0.25) is 4.79 Å². The SMILES string of the molecule is Cc1noc(CCC(=O)N2CCC[C@@H](c3nc(N(C)C)ncc3-c3ccc(F)cc3)C2)n1. The molecule has 1 amide bonds. The first-order chi connectivity index (χ1) is 15.4. The number of nitrogens with zero attached hydrogens (tertiary/aromatic N) is 6. The molecule has 1 aliphatic rings. The van der Waals surface area contributed by atoms with Crippen LogP contribution in [-0.2, 0) is 11.2 Å². The fourth-order valence-electron chi connectivity index (χ4n) is 4.00. The summed E-state index contributed by atoms with van der Waals surface area (Å²) in [6, 6.07) is 6.36. The third-order valence-corrected chi connectivity index (χ3v) is 5.64. The monoisotopic (exact) mass is 438 g/mol. The van der Waals surface area contributed by atoms with Gasteiger partial charge in [0.1, 0.15) is 5.82 Å². The van der Waals surface area contributed by atoms with Gasteiger partial charge < -0.3 is 14.3 Å². The van der Waals surface area contributed by atoms with Crippen molar-refractivity contribution in [3.63, 3.8) is 0 Å². The molecule has 3 heterocycles. The normalized spacial score (nSPS) is 16.2. The van der Waals surface area contributed by atoms with Crippen LogP contribution in [-0.4, -0.2) is 58.1 Å². The van der Waals surface area contributed by atoms with E-state index in [-0.39, 0.29) is 17.6 Å². The van der Waals surface area contributed by atoms with E-state index in [1.165, 1.54) is 12.1 Å². The molecule has 1 saturated heterocycles.